The molecule has 0 spiro atoms. The molecule has 1 aliphatic heterocycles. The highest BCUT2D eigenvalue weighted by Crippen LogP contribution is 2.66. The minimum Gasteiger partial charge on any atom is -0.317 e. The SMILES string of the molecule is C/C(=N\OC(=O)[C@@H]1CCCN1C)[C@H]1CC[C@H]2[C@@H]3CCC4=CC(=O)CC[C@]4(C)[C@H]3CC[C@]12C. The Morgan fingerprint density at radius 1 is 1.09 bits per heavy atom. The van der Waals surface area contributed by atoms with Crippen LogP contribution in [0.3, 0.4) is 0 Å². The van der Waals surface area contributed by atoms with Gasteiger partial charge in [-0.25, -0.2) is 4.79 Å². The second kappa shape index (κ2) is 8.07. The average Bonchev–Trinajstić information content (AvgIpc) is 3.35. The first-order valence-corrected chi connectivity index (χ1v) is 12.9. The van der Waals surface area contributed by atoms with Gasteiger partial charge in [0.05, 0.1) is 5.71 Å². The Morgan fingerprint density at radius 3 is 2.66 bits per heavy atom. The first kappa shape index (κ1) is 22.3. The number of allylic oxidation sites excluding steroid dienone is 1. The lowest BCUT2D eigenvalue weighted by molar-refractivity contribution is -0.148. The second-order valence-corrected chi connectivity index (χ2v) is 11.9. The van der Waals surface area contributed by atoms with Crippen molar-refractivity contribution in [1.29, 1.82) is 0 Å². The molecule has 0 aromatic heterocycles. The molecule has 4 aliphatic carbocycles. The van der Waals surface area contributed by atoms with E-state index in [9.17, 15) is 9.59 Å². The molecule has 0 amide bonds. The van der Waals surface area contributed by atoms with E-state index in [2.05, 4.69) is 30.8 Å². The van der Waals surface area contributed by atoms with Crippen LogP contribution in [-0.2, 0) is 14.4 Å². The van der Waals surface area contributed by atoms with Crippen LogP contribution in [0.25, 0.3) is 0 Å². The monoisotopic (exact) mass is 440 g/mol. The number of carbonyl (C=O) groups is 2. The first-order chi connectivity index (χ1) is 15.2. The van der Waals surface area contributed by atoms with Gasteiger partial charge in [0.25, 0.3) is 0 Å². The summed E-state index contributed by atoms with van der Waals surface area (Å²) in [5.74, 6) is 2.71. The van der Waals surface area contributed by atoms with E-state index < -0.39 is 0 Å². The van der Waals surface area contributed by atoms with Gasteiger partial charge >= 0.3 is 5.97 Å². The average molecular weight is 441 g/mol. The van der Waals surface area contributed by atoms with Crippen molar-refractivity contribution >= 4 is 17.5 Å². The fourth-order valence-electron chi connectivity index (χ4n) is 8.70. The van der Waals surface area contributed by atoms with Gasteiger partial charge in [-0.15, -0.1) is 0 Å². The van der Waals surface area contributed by atoms with Crippen molar-refractivity contribution in [2.24, 2.45) is 39.7 Å². The van der Waals surface area contributed by atoms with Gasteiger partial charge in [-0.1, -0.05) is 24.6 Å². The van der Waals surface area contributed by atoms with E-state index in [1.807, 2.05) is 13.1 Å². The van der Waals surface area contributed by atoms with Crippen molar-refractivity contribution in [1.82, 2.24) is 4.90 Å². The molecule has 0 N–H and O–H groups in total. The highest BCUT2D eigenvalue weighted by atomic mass is 16.7. The number of oxime groups is 1. The van der Waals surface area contributed by atoms with E-state index in [4.69, 9.17) is 4.84 Å². The summed E-state index contributed by atoms with van der Waals surface area (Å²) < 4.78 is 0. The highest BCUT2D eigenvalue weighted by molar-refractivity contribution is 5.91. The van der Waals surface area contributed by atoms with Gasteiger partial charge in [-0.3, -0.25) is 9.69 Å². The number of hydrogen-bond acceptors (Lipinski definition) is 5. The molecule has 3 saturated carbocycles. The standard InChI is InChI=1S/C27H40N2O3/c1-17(28-32-25(31)24-6-5-15-29(24)4)21-9-10-22-20-8-7-18-16-19(30)11-13-26(18,2)23(20)12-14-27(21,22)3/h16,20-24H,5-15H2,1-4H3/b28-17+/t20-,21+,22-,23-,24-,26-,27+/m0/s1. The van der Waals surface area contributed by atoms with Gasteiger partial charge in [-0.2, -0.15) is 0 Å². The van der Waals surface area contributed by atoms with E-state index in [0.717, 1.165) is 56.7 Å². The summed E-state index contributed by atoms with van der Waals surface area (Å²) in [5.41, 5.74) is 2.92. The van der Waals surface area contributed by atoms with E-state index in [1.165, 1.54) is 31.3 Å². The van der Waals surface area contributed by atoms with Gasteiger partial charge in [-0.05, 0) is 113 Å². The Morgan fingerprint density at radius 2 is 1.91 bits per heavy atom. The molecule has 0 bridgehead atoms. The molecule has 4 fully saturated rings. The maximum absolute atomic E-state index is 12.5. The Labute approximate surface area is 193 Å². The number of fused-ring (bicyclic) bond motifs is 5. The fourth-order valence-corrected chi connectivity index (χ4v) is 8.70. The zero-order valence-corrected chi connectivity index (χ0v) is 20.4. The summed E-state index contributed by atoms with van der Waals surface area (Å²) in [6.45, 7) is 7.96. The van der Waals surface area contributed by atoms with Crippen LogP contribution in [0.15, 0.2) is 16.8 Å². The zero-order chi connectivity index (χ0) is 22.7. The molecule has 0 unspecified atom stereocenters. The Hall–Kier alpha value is -1.49. The lowest BCUT2D eigenvalue weighted by atomic mass is 9.46. The van der Waals surface area contributed by atoms with E-state index in [0.29, 0.717) is 23.5 Å². The smallest absolute Gasteiger partial charge is 0.317 e. The van der Waals surface area contributed by atoms with Crippen molar-refractivity contribution in [3.05, 3.63) is 11.6 Å². The van der Waals surface area contributed by atoms with Crippen molar-refractivity contribution in [2.75, 3.05) is 13.6 Å². The van der Waals surface area contributed by atoms with Crippen LogP contribution >= 0.6 is 0 Å². The second-order valence-electron chi connectivity index (χ2n) is 11.9. The maximum Gasteiger partial charge on any atom is 0.351 e. The highest BCUT2D eigenvalue weighted by Gasteiger charge is 2.59. The molecule has 0 radical (unpaired) electrons. The summed E-state index contributed by atoms with van der Waals surface area (Å²) >= 11 is 0. The zero-order valence-electron chi connectivity index (χ0n) is 20.4. The molecule has 5 heteroatoms. The number of rotatable bonds is 3. The van der Waals surface area contributed by atoms with Crippen LogP contribution in [0.1, 0.15) is 85.0 Å². The Balaban J connectivity index is 1.31. The molecule has 7 atom stereocenters. The fraction of sp³-hybridized carbons (Fsp3) is 0.815. The van der Waals surface area contributed by atoms with Crippen molar-refractivity contribution < 1.29 is 14.4 Å². The Kier molecular flexibility index (Phi) is 5.63. The molecule has 1 saturated heterocycles. The van der Waals surface area contributed by atoms with Gasteiger partial charge < -0.3 is 4.84 Å². The minimum atomic E-state index is -0.195. The summed E-state index contributed by atoms with van der Waals surface area (Å²) in [7, 11) is 1.99. The molecule has 5 rings (SSSR count). The molecular weight excluding hydrogens is 400 g/mol. The molecule has 5 aliphatic rings. The lowest BCUT2D eigenvalue weighted by Crippen LogP contribution is -2.51. The van der Waals surface area contributed by atoms with Gasteiger partial charge in [0.2, 0.25) is 0 Å². The largest absolute Gasteiger partial charge is 0.351 e. The molecule has 176 valence electrons. The van der Waals surface area contributed by atoms with Crippen LogP contribution < -0.4 is 0 Å². The summed E-state index contributed by atoms with van der Waals surface area (Å²) in [6.07, 6.45) is 12.9. The van der Waals surface area contributed by atoms with Gasteiger partial charge in [0.15, 0.2) is 5.78 Å². The summed E-state index contributed by atoms with van der Waals surface area (Å²) in [4.78, 5) is 32.1. The van der Waals surface area contributed by atoms with Crippen molar-refractivity contribution in [2.45, 2.75) is 91.0 Å². The van der Waals surface area contributed by atoms with E-state index in [-0.39, 0.29) is 22.8 Å². The number of ketones is 1. The van der Waals surface area contributed by atoms with Crippen molar-refractivity contribution in [3.63, 3.8) is 0 Å². The van der Waals surface area contributed by atoms with E-state index >= 15 is 0 Å². The number of carbonyl (C=O) groups excluding carboxylic acids is 2. The van der Waals surface area contributed by atoms with Gasteiger partial charge in [0, 0.05) is 12.3 Å². The number of likely N-dealkylation sites (tertiary alicyclic amines) is 1. The molecule has 0 aromatic rings. The molecular formula is C27H40N2O3. The van der Waals surface area contributed by atoms with Crippen molar-refractivity contribution in [3.8, 4) is 0 Å². The quantitative estimate of drug-likeness (QED) is 0.346. The summed E-state index contributed by atoms with van der Waals surface area (Å²) in [5, 5.41) is 4.41. The number of likely N-dealkylation sites (N-methyl/N-ethyl adjacent to an activating group) is 1. The van der Waals surface area contributed by atoms with Crippen LogP contribution in [0.5, 0.6) is 0 Å². The van der Waals surface area contributed by atoms with Crippen LogP contribution in [0, 0.1) is 34.5 Å². The topological polar surface area (TPSA) is 59.0 Å². The van der Waals surface area contributed by atoms with Crippen LogP contribution in [0.2, 0.25) is 0 Å². The maximum atomic E-state index is 12.5. The number of hydrogen-bond donors (Lipinski definition) is 0. The molecule has 1 heterocycles. The van der Waals surface area contributed by atoms with Crippen LogP contribution in [0.4, 0.5) is 0 Å². The Bertz CT molecular complexity index is 863. The first-order valence-electron chi connectivity index (χ1n) is 12.9. The molecule has 5 nitrogen and oxygen atoms in total. The number of nitrogens with zero attached hydrogens (tertiary/aromatic N) is 2. The normalized spacial score (nSPS) is 44.5. The molecule has 0 aromatic carbocycles. The predicted molar refractivity (Wildman–Crippen MR) is 125 cm³/mol. The van der Waals surface area contributed by atoms with E-state index in [1.54, 1.807) is 0 Å². The third kappa shape index (κ3) is 3.41. The summed E-state index contributed by atoms with van der Waals surface area (Å²) in [6, 6.07) is -0.137. The minimum absolute atomic E-state index is 0.137. The third-order valence-corrected chi connectivity index (χ3v) is 10.5. The third-order valence-electron chi connectivity index (χ3n) is 10.5. The van der Waals surface area contributed by atoms with Gasteiger partial charge in [0.1, 0.15) is 6.04 Å². The predicted octanol–water partition coefficient (Wildman–Crippen LogP) is 5.15. The lowest BCUT2D eigenvalue weighted by Gasteiger charge is -2.58. The van der Waals surface area contributed by atoms with Crippen LogP contribution in [-0.4, -0.2) is 42.0 Å². The molecule has 32 heavy (non-hydrogen) atoms.